The van der Waals surface area contributed by atoms with Gasteiger partial charge in [0.05, 0.1) is 12.8 Å². The first-order valence-electron chi connectivity index (χ1n) is 4.59. The number of hydrogen-bond donors (Lipinski definition) is 2. The van der Waals surface area contributed by atoms with Gasteiger partial charge in [0.25, 0.3) is 0 Å². The van der Waals surface area contributed by atoms with Crippen LogP contribution < -0.4 is 5.32 Å². The van der Waals surface area contributed by atoms with E-state index in [0.717, 1.165) is 5.56 Å². The molecule has 1 aromatic rings. The van der Waals surface area contributed by atoms with Gasteiger partial charge in [-0.1, -0.05) is 0 Å². The van der Waals surface area contributed by atoms with Crippen molar-refractivity contribution in [3.8, 4) is 0 Å². The highest BCUT2D eigenvalue weighted by Gasteiger charge is 2.01. The van der Waals surface area contributed by atoms with Crippen molar-refractivity contribution in [3.63, 3.8) is 0 Å². The average molecular weight is 197 g/mol. The monoisotopic (exact) mass is 197 g/mol. The molecule has 1 heterocycles. The molecular weight excluding hydrogens is 182 g/mol. The maximum absolute atomic E-state index is 11.1. The molecule has 1 amide bonds. The quantitative estimate of drug-likeness (QED) is 0.680. The Morgan fingerprint density at radius 1 is 1.71 bits per heavy atom. The lowest BCUT2D eigenvalue weighted by molar-refractivity contribution is -0.121. The average Bonchev–Trinajstić information content (AvgIpc) is 2.58. The molecule has 0 aromatic carbocycles. The normalized spacial score (nSPS) is 10.1. The summed E-state index contributed by atoms with van der Waals surface area (Å²) >= 11 is 0. The Hall–Kier alpha value is -1.36. The lowest BCUT2D eigenvalue weighted by atomic mass is 10.4. The van der Waals surface area contributed by atoms with Crippen LogP contribution in [0.2, 0.25) is 0 Å². The standard InChI is InChI=1S/C9H15N3O2/c1-8-6-11-12(7-8)4-2-9(14)10-3-5-13/h6-7,13H,2-5H2,1H3,(H,10,14). The molecule has 2 N–H and O–H groups in total. The van der Waals surface area contributed by atoms with Crippen LogP contribution in [-0.2, 0) is 11.3 Å². The van der Waals surface area contributed by atoms with Gasteiger partial charge in [-0.2, -0.15) is 5.10 Å². The fourth-order valence-corrected chi connectivity index (χ4v) is 1.09. The van der Waals surface area contributed by atoms with Crippen molar-refractivity contribution >= 4 is 5.91 Å². The molecule has 0 fully saturated rings. The number of hydrogen-bond acceptors (Lipinski definition) is 3. The zero-order valence-corrected chi connectivity index (χ0v) is 8.23. The predicted molar refractivity (Wildman–Crippen MR) is 51.7 cm³/mol. The van der Waals surface area contributed by atoms with E-state index >= 15 is 0 Å². The zero-order valence-electron chi connectivity index (χ0n) is 8.23. The molecule has 0 aliphatic rings. The molecule has 1 aromatic heterocycles. The van der Waals surface area contributed by atoms with Gasteiger partial charge < -0.3 is 10.4 Å². The Morgan fingerprint density at radius 2 is 2.50 bits per heavy atom. The second kappa shape index (κ2) is 5.39. The van der Waals surface area contributed by atoms with E-state index < -0.39 is 0 Å². The fraction of sp³-hybridized carbons (Fsp3) is 0.556. The van der Waals surface area contributed by atoms with Crippen molar-refractivity contribution in [1.29, 1.82) is 0 Å². The molecule has 0 bridgehead atoms. The number of nitrogens with one attached hydrogen (secondary N) is 1. The molecule has 0 spiro atoms. The van der Waals surface area contributed by atoms with Crippen LogP contribution in [0, 0.1) is 6.92 Å². The molecule has 0 aliphatic carbocycles. The van der Waals surface area contributed by atoms with E-state index in [0.29, 0.717) is 19.5 Å². The number of carbonyl (C=O) groups is 1. The summed E-state index contributed by atoms with van der Waals surface area (Å²) in [5.74, 6) is -0.0628. The number of amides is 1. The Labute approximate surface area is 82.7 Å². The summed E-state index contributed by atoms with van der Waals surface area (Å²) in [6, 6.07) is 0. The summed E-state index contributed by atoms with van der Waals surface area (Å²) in [4.78, 5) is 11.1. The van der Waals surface area contributed by atoms with Gasteiger partial charge in [0.1, 0.15) is 0 Å². The van der Waals surface area contributed by atoms with Crippen molar-refractivity contribution in [2.75, 3.05) is 13.2 Å². The van der Waals surface area contributed by atoms with Gasteiger partial charge in [-0.3, -0.25) is 9.48 Å². The second-order valence-electron chi connectivity index (χ2n) is 3.10. The fourth-order valence-electron chi connectivity index (χ4n) is 1.09. The predicted octanol–water partition coefficient (Wildman–Crippen LogP) is -0.310. The molecule has 5 heteroatoms. The topological polar surface area (TPSA) is 67.2 Å². The summed E-state index contributed by atoms with van der Waals surface area (Å²) in [5.41, 5.74) is 1.08. The maximum Gasteiger partial charge on any atom is 0.221 e. The minimum atomic E-state index is -0.0628. The first kappa shape index (κ1) is 10.7. The van der Waals surface area contributed by atoms with E-state index in [-0.39, 0.29) is 12.5 Å². The van der Waals surface area contributed by atoms with E-state index in [1.54, 1.807) is 10.9 Å². The largest absolute Gasteiger partial charge is 0.395 e. The maximum atomic E-state index is 11.1. The molecule has 0 aliphatic heterocycles. The molecule has 0 atom stereocenters. The number of aliphatic hydroxyl groups excluding tert-OH is 1. The van der Waals surface area contributed by atoms with Crippen LogP contribution in [0.3, 0.4) is 0 Å². The zero-order chi connectivity index (χ0) is 10.4. The number of rotatable bonds is 5. The minimum Gasteiger partial charge on any atom is -0.395 e. The van der Waals surface area contributed by atoms with Crippen molar-refractivity contribution < 1.29 is 9.90 Å². The Bertz CT molecular complexity index is 296. The van der Waals surface area contributed by atoms with Crippen molar-refractivity contribution in [1.82, 2.24) is 15.1 Å². The van der Waals surface area contributed by atoms with Crippen LogP contribution in [0.15, 0.2) is 12.4 Å². The third kappa shape index (κ3) is 3.57. The lowest BCUT2D eigenvalue weighted by Crippen LogP contribution is -2.27. The third-order valence-corrected chi connectivity index (χ3v) is 1.76. The highest BCUT2D eigenvalue weighted by Crippen LogP contribution is 1.95. The molecule has 0 saturated heterocycles. The number of nitrogens with zero attached hydrogens (tertiary/aromatic N) is 2. The van der Waals surface area contributed by atoms with E-state index in [9.17, 15) is 4.79 Å². The summed E-state index contributed by atoms with van der Waals surface area (Å²) in [7, 11) is 0. The van der Waals surface area contributed by atoms with Gasteiger partial charge in [0.15, 0.2) is 0 Å². The van der Waals surface area contributed by atoms with Crippen LogP contribution in [0.25, 0.3) is 0 Å². The third-order valence-electron chi connectivity index (χ3n) is 1.76. The number of aryl methyl sites for hydroxylation is 2. The smallest absolute Gasteiger partial charge is 0.221 e. The molecule has 14 heavy (non-hydrogen) atoms. The van der Waals surface area contributed by atoms with E-state index in [4.69, 9.17) is 5.11 Å². The van der Waals surface area contributed by atoms with Crippen molar-refractivity contribution in [2.45, 2.75) is 19.9 Å². The first-order valence-corrected chi connectivity index (χ1v) is 4.59. The molecule has 78 valence electrons. The second-order valence-corrected chi connectivity index (χ2v) is 3.10. The van der Waals surface area contributed by atoms with Gasteiger partial charge >= 0.3 is 0 Å². The number of aromatic nitrogens is 2. The molecule has 0 unspecified atom stereocenters. The van der Waals surface area contributed by atoms with Crippen molar-refractivity contribution in [2.24, 2.45) is 0 Å². The van der Waals surface area contributed by atoms with Gasteiger partial charge in [-0.05, 0) is 12.5 Å². The minimum absolute atomic E-state index is 0.0212. The summed E-state index contributed by atoms with van der Waals surface area (Å²) in [6.07, 6.45) is 4.03. The molecule has 0 radical (unpaired) electrons. The van der Waals surface area contributed by atoms with Crippen LogP contribution in [-0.4, -0.2) is 33.9 Å². The van der Waals surface area contributed by atoms with Crippen LogP contribution in [0.5, 0.6) is 0 Å². The van der Waals surface area contributed by atoms with Crippen LogP contribution >= 0.6 is 0 Å². The van der Waals surface area contributed by atoms with Crippen molar-refractivity contribution in [3.05, 3.63) is 18.0 Å². The molecule has 1 rings (SSSR count). The summed E-state index contributed by atoms with van der Waals surface area (Å²) in [5, 5.41) is 15.1. The van der Waals surface area contributed by atoms with Crippen LogP contribution in [0.4, 0.5) is 0 Å². The first-order chi connectivity index (χ1) is 6.72. The Kier molecular flexibility index (Phi) is 4.12. The number of carbonyl (C=O) groups excluding carboxylic acids is 1. The Balaban J connectivity index is 2.23. The number of aliphatic hydroxyl groups is 1. The Morgan fingerprint density at radius 3 is 3.07 bits per heavy atom. The van der Waals surface area contributed by atoms with E-state index in [1.807, 2.05) is 13.1 Å². The summed E-state index contributed by atoms with van der Waals surface area (Å²) in [6.45, 7) is 2.82. The highest BCUT2D eigenvalue weighted by atomic mass is 16.3. The van der Waals surface area contributed by atoms with Gasteiger partial charge in [-0.15, -0.1) is 0 Å². The van der Waals surface area contributed by atoms with Crippen LogP contribution in [0.1, 0.15) is 12.0 Å². The molecule has 0 saturated carbocycles. The highest BCUT2D eigenvalue weighted by molar-refractivity contribution is 5.75. The van der Waals surface area contributed by atoms with Gasteiger partial charge in [0, 0.05) is 25.7 Å². The lowest BCUT2D eigenvalue weighted by Gasteiger charge is -2.02. The van der Waals surface area contributed by atoms with E-state index in [1.165, 1.54) is 0 Å². The SMILES string of the molecule is Cc1cnn(CCC(=O)NCCO)c1. The molecule has 5 nitrogen and oxygen atoms in total. The summed E-state index contributed by atoms with van der Waals surface area (Å²) < 4.78 is 1.73. The van der Waals surface area contributed by atoms with Gasteiger partial charge in [0.2, 0.25) is 5.91 Å². The van der Waals surface area contributed by atoms with E-state index in [2.05, 4.69) is 10.4 Å². The molecular formula is C9H15N3O2. The van der Waals surface area contributed by atoms with Gasteiger partial charge in [-0.25, -0.2) is 0 Å².